The highest BCUT2D eigenvalue weighted by Crippen LogP contribution is 2.37. The lowest BCUT2D eigenvalue weighted by Gasteiger charge is -2.22. The minimum Gasteiger partial charge on any atom is -0.320 e. The minimum atomic E-state index is -4.55. The van der Waals surface area contributed by atoms with E-state index in [1.54, 1.807) is 0 Å². The Balaban J connectivity index is 2.53. The van der Waals surface area contributed by atoms with E-state index in [9.17, 15) is 22.8 Å². The van der Waals surface area contributed by atoms with Gasteiger partial charge in [0, 0.05) is 4.47 Å². The second-order valence-corrected chi connectivity index (χ2v) is 5.08. The highest BCUT2D eigenvalue weighted by molar-refractivity contribution is 9.10. The average molecular weight is 337 g/mol. The van der Waals surface area contributed by atoms with E-state index < -0.39 is 29.2 Å². The first kappa shape index (κ1) is 13.9. The summed E-state index contributed by atoms with van der Waals surface area (Å²) in [7, 11) is 0. The maximum Gasteiger partial charge on any atom is 0.417 e. The third-order valence-corrected chi connectivity index (χ3v) is 3.59. The molecule has 2 rings (SSSR count). The standard InChI is InChI=1S/C11H8BrF3N2O2/c1-10(8(18)16-9(19)17-10)5-2-3-7(12)6(4-5)11(13,14)15/h2-4H,1H3,(H2,16,17,18,19). The van der Waals surface area contributed by atoms with Crippen molar-refractivity contribution in [3.63, 3.8) is 0 Å². The largest absolute Gasteiger partial charge is 0.417 e. The van der Waals surface area contributed by atoms with E-state index in [0.29, 0.717) is 0 Å². The maximum atomic E-state index is 12.8. The molecule has 8 heteroatoms. The van der Waals surface area contributed by atoms with Crippen molar-refractivity contribution in [2.45, 2.75) is 18.6 Å². The van der Waals surface area contributed by atoms with Gasteiger partial charge < -0.3 is 5.32 Å². The molecule has 2 N–H and O–H groups in total. The fourth-order valence-electron chi connectivity index (χ4n) is 1.80. The Morgan fingerprint density at radius 2 is 1.89 bits per heavy atom. The van der Waals surface area contributed by atoms with Gasteiger partial charge in [-0.3, -0.25) is 10.1 Å². The van der Waals surface area contributed by atoms with Crippen LogP contribution in [-0.2, 0) is 16.5 Å². The van der Waals surface area contributed by atoms with Crippen LogP contribution in [0.2, 0.25) is 0 Å². The van der Waals surface area contributed by atoms with Gasteiger partial charge in [0.1, 0.15) is 5.54 Å². The third kappa shape index (κ3) is 2.32. The zero-order valence-electron chi connectivity index (χ0n) is 9.56. The zero-order valence-corrected chi connectivity index (χ0v) is 11.1. The van der Waals surface area contributed by atoms with Gasteiger partial charge in [-0.1, -0.05) is 22.0 Å². The van der Waals surface area contributed by atoms with Crippen molar-refractivity contribution in [1.29, 1.82) is 0 Å². The Morgan fingerprint density at radius 1 is 1.26 bits per heavy atom. The quantitative estimate of drug-likeness (QED) is 0.774. The molecule has 0 saturated carbocycles. The van der Waals surface area contributed by atoms with E-state index in [-0.39, 0.29) is 10.0 Å². The lowest BCUT2D eigenvalue weighted by atomic mass is 9.91. The van der Waals surface area contributed by atoms with E-state index in [2.05, 4.69) is 21.2 Å². The van der Waals surface area contributed by atoms with Crippen LogP contribution < -0.4 is 10.6 Å². The van der Waals surface area contributed by atoms with Gasteiger partial charge in [0.15, 0.2) is 0 Å². The Bertz CT molecular complexity index is 574. The number of carbonyl (C=O) groups is 2. The van der Waals surface area contributed by atoms with Gasteiger partial charge in [0.2, 0.25) is 0 Å². The van der Waals surface area contributed by atoms with Crippen molar-refractivity contribution in [3.05, 3.63) is 33.8 Å². The summed E-state index contributed by atoms with van der Waals surface area (Å²) < 4.78 is 38.3. The van der Waals surface area contributed by atoms with Gasteiger partial charge >= 0.3 is 12.2 Å². The second kappa shape index (κ2) is 4.22. The third-order valence-electron chi connectivity index (χ3n) is 2.89. The molecule has 1 atom stereocenters. The molecule has 19 heavy (non-hydrogen) atoms. The number of urea groups is 1. The van der Waals surface area contributed by atoms with Crippen molar-refractivity contribution < 1.29 is 22.8 Å². The molecule has 0 aromatic heterocycles. The summed E-state index contributed by atoms with van der Waals surface area (Å²) in [4.78, 5) is 22.8. The number of imide groups is 1. The molecular formula is C11H8BrF3N2O2. The summed E-state index contributed by atoms with van der Waals surface area (Å²) in [5.41, 5.74) is -2.34. The number of nitrogens with one attached hydrogen (secondary N) is 2. The van der Waals surface area contributed by atoms with E-state index in [1.807, 2.05) is 5.32 Å². The summed E-state index contributed by atoms with van der Waals surface area (Å²) in [5.74, 6) is -0.687. The fraction of sp³-hybridized carbons (Fsp3) is 0.273. The Hall–Kier alpha value is -1.57. The Morgan fingerprint density at radius 3 is 2.37 bits per heavy atom. The lowest BCUT2D eigenvalue weighted by Crippen LogP contribution is -2.40. The van der Waals surface area contributed by atoms with Gasteiger partial charge in [-0.15, -0.1) is 0 Å². The average Bonchev–Trinajstić information content (AvgIpc) is 2.52. The van der Waals surface area contributed by atoms with Gasteiger partial charge in [0.25, 0.3) is 5.91 Å². The van der Waals surface area contributed by atoms with Gasteiger partial charge in [-0.25, -0.2) is 4.79 Å². The second-order valence-electron chi connectivity index (χ2n) is 4.23. The molecule has 0 spiro atoms. The van der Waals surface area contributed by atoms with E-state index in [0.717, 1.165) is 6.07 Å². The molecular weight excluding hydrogens is 329 g/mol. The monoisotopic (exact) mass is 336 g/mol. The summed E-state index contributed by atoms with van der Waals surface area (Å²) >= 11 is 2.81. The highest BCUT2D eigenvalue weighted by atomic mass is 79.9. The normalized spacial score (nSPS) is 23.2. The molecule has 0 bridgehead atoms. The van der Waals surface area contributed by atoms with Crippen LogP contribution >= 0.6 is 15.9 Å². The number of amides is 3. The van der Waals surface area contributed by atoms with Crippen molar-refractivity contribution in [1.82, 2.24) is 10.6 Å². The van der Waals surface area contributed by atoms with Crippen molar-refractivity contribution in [2.24, 2.45) is 0 Å². The summed E-state index contributed by atoms with van der Waals surface area (Å²) in [5, 5.41) is 4.31. The van der Waals surface area contributed by atoms with Crippen LogP contribution in [0.5, 0.6) is 0 Å². The molecule has 0 radical (unpaired) electrons. The SMILES string of the molecule is CC1(c2ccc(Br)c(C(F)(F)F)c2)NC(=O)NC1=O. The lowest BCUT2D eigenvalue weighted by molar-refractivity contribution is -0.138. The Kier molecular flexibility index (Phi) is 3.08. The number of hydrogen-bond donors (Lipinski definition) is 2. The molecule has 4 nitrogen and oxygen atoms in total. The summed E-state index contributed by atoms with van der Waals surface area (Å²) in [6.45, 7) is 1.34. The van der Waals surface area contributed by atoms with Crippen molar-refractivity contribution in [3.8, 4) is 0 Å². The van der Waals surface area contributed by atoms with Crippen LogP contribution in [0.15, 0.2) is 22.7 Å². The van der Waals surface area contributed by atoms with Gasteiger partial charge in [-0.2, -0.15) is 13.2 Å². The first-order chi connectivity index (χ1) is 8.64. The van der Waals surface area contributed by atoms with Crippen LogP contribution in [0, 0.1) is 0 Å². The molecule has 1 aromatic rings. The predicted molar refractivity (Wildman–Crippen MR) is 63.2 cm³/mol. The van der Waals surface area contributed by atoms with E-state index in [4.69, 9.17) is 0 Å². The smallest absolute Gasteiger partial charge is 0.320 e. The molecule has 1 aliphatic rings. The minimum absolute atomic E-state index is 0.0615. The molecule has 0 aliphatic carbocycles. The number of carbonyl (C=O) groups excluding carboxylic acids is 2. The van der Waals surface area contributed by atoms with E-state index >= 15 is 0 Å². The maximum absolute atomic E-state index is 12.8. The molecule has 1 aromatic carbocycles. The van der Waals surface area contributed by atoms with Crippen LogP contribution in [0.1, 0.15) is 18.1 Å². The summed E-state index contributed by atoms with van der Waals surface area (Å²) in [6.07, 6.45) is -4.55. The number of hydrogen-bond acceptors (Lipinski definition) is 2. The molecule has 1 unspecified atom stereocenters. The summed E-state index contributed by atoms with van der Waals surface area (Å²) in [6, 6.07) is 2.66. The molecule has 102 valence electrons. The topological polar surface area (TPSA) is 58.2 Å². The van der Waals surface area contributed by atoms with Crippen molar-refractivity contribution in [2.75, 3.05) is 0 Å². The Labute approximate surface area is 114 Å². The predicted octanol–water partition coefficient (Wildman–Crippen LogP) is 2.52. The van der Waals surface area contributed by atoms with E-state index in [1.165, 1.54) is 19.1 Å². The molecule has 3 amide bonds. The van der Waals surface area contributed by atoms with Gasteiger partial charge in [0.05, 0.1) is 5.56 Å². The number of alkyl halides is 3. The zero-order chi connectivity index (χ0) is 14.4. The molecule has 1 heterocycles. The van der Waals surface area contributed by atoms with Crippen LogP contribution in [0.4, 0.5) is 18.0 Å². The fourth-order valence-corrected chi connectivity index (χ4v) is 2.27. The van der Waals surface area contributed by atoms with Crippen LogP contribution in [0.25, 0.3) is 0 Å². The van der Waals surface area contributed by atoms with Crippen molar-refractivity contribution >= 4 is 27.9 Å². The number of rotatable bonds is 1. The molecule has 1 fully saturated rings. The van der Waals surface area contributed by atoms with Crippen LogP contribution in [0.3, 0.4) is 0 Å². The molecule has 1 saturated heterocycles. The number of benzene rings is 1. The number of halogens is 4. The molecule has 1 aliphatic heterocycles. The first-order valence-electron chi connectivity index (χ1n) is 5.15. The first-order valence-corrected chi connectivity index (χ1v) is 5.95. The highest BCUT2D eigenvalue weighted by Gasteiger charge is 2.44. The van der Waals surface area contributed by atoms with Crippen LogP contribution in [-0.4, -0.2) is 11.9 Å². The van der Waals surface area contributed by atoms with Gasteiger partial charge in [-0.05, 0) is 24.6 Å².